The van der Waals surface area contributed by atoms with E-state index in [-0.39, 0.29) is 5.84 Å². The Hall–Kier alpha value is -1.48. The number of rotatable bonds is 0. The quantitative estimate of drug-likeness (QED) is 0.261. The van der Waals surface area contributed by atoms with E-state index in [0.717, 1.165) is 0 Å². The summed E-state index contributed by atoms with van der Waals surface area (Å²) in [7, 11) is 0. The Labute approximate surface area is 44.8 Å². The molecule has 1 rings (SSSR count). The van der Waals surface area contributed by atoms with E-state index in [1.54, 1.807) is 0 Å². The lowest BCUT2D eigenvalue weighted by Crippen LogP contribution is -2.06. The summed E-state index contributed by atoms with van der Waals surface area (Å²) < 4.78 is 0. The van der Waals surface area contributed by atoms with Crippen molar-refractivity contribution in [2.75, 3.05) is 0 Å². The van der Waals surface area contributed by atoms with Crippen LogP contribution >= 0.6 is 0 Å². The van der Waals surface area contributed by atoms with E-state index in [1.807, 2.05) is 0 Å². The summed E-state index contributed by atoms with van der Waals surface area (Å²) >= 11 is 0. The Morgan fingerprint density at radius 2 is 2.75 bits per heavy atom. The third kappa shape index (κ3) is 0.618. The zero-order valence-corrected chi connectivity index (χ0v) is 3.79. The smallest absolute Gasteiger partial charge is 0.339 e. The molecule has 0 aromatic rings. The maximum absolute atomic E-state index is 9.77. The molecule has 1 heterocycles. The molecule has 0 fully saturated rings. The van der Waals surface area contributed by atoms with Crippen LogP contribution in [0.5, 0.6) is 0 Å². The molecule has 1 aliphatic heterocycles. The van der Waals surface area contributed by atoms with E-state index in [2.05, 4.69) is 16.7 Å². The fourth-order valence-corrected chi connectivity index (χ4v) is 0.312. The first-order valence-electron chi connectivity index (χ1n) is 1.86. The zero-order valence-electron chi connectivity index (χ0n) is 3.79. The van der Waals surface area contributed by atoms with E-state index in [4.69, 9.17) is 0 Å². The maximum Gasteiger partial charge on any atom is 0.534 e. The molecule has 0 bridgehead atoms. The second-order valence-corrected chi connectivity index (χ2v) is 1.13. The highest BCUT2D eigenvalue weighted by atomic mass is 16.6. The van der Waals surface area contributed by atoms with Crippen molar-refractivity contribution in [3.63, 3.8) is 0 Å². The van der Waals surface area contributed by atoms with Crippen LogP contribution < -0.4 is 5.43 Å². The van der Waals surface area contributed by atoms with Crippen LogP contribution in [0.25, 0.3) is 0 Å². The van der Waals surface area contributed by atoms with Gasteiger partial charge in [-0.3, -0.25) is 0 Å². The molecule has 0 spiro atoms. The molecule has 0 aliphatic carbocycles. The molecule has 8 heavy (non-hydrogen) atoms. The van der Waals surface area contributed by atoms with Gasteiger partial charge in [-0.1, -0.05) is 0 Å². The number of hydrogen-bond acceptors (Lipinski definition) is 4. The average Bonchev–Trinajstić information content (AvgIpc) is 2.12. The van der Waals surface area contributed by atoms with Crippen molar-refractivity contribution in [2.45, 2.75) is 0 Å². The van der Waals surface area contributed by atoms with Gasteiger partial charge in [0.2, 0.25) is 6.20 Å². The summed E-state index contributed by atoms with van der Waals surface area (Å²) in [6.45, 7) is 0. The van der Waals surface area contributed by atoms with E-state index in [0.29, 0.717) is 0 Å². The average molecular weight is 112 g/mol. The lowest BCUT2D eigenvalue weighted by molar-refractivity contribution is -0.348. The summed E-state index contributed by atoms with van der Waals surface area (Å²) in [4.78, 5) is 9.17. The van der Waals surface area contributed by atoms with Crippen molar-refractivity contribution in [3.8, 4) is 0 Å². The van der Waals surface area contributed by atoms with Crippen LogP contribution in [0.15, 0.2) is 11.2 Å². The molecule has 0 atom stereocenters. The summed E-state index contributed by atoms with van der Waals surface area (Å²) in [6.07, 6.45) is 3.50. The second kappa shape index (κ2) is 1.55. The van der Waals surface area contributed by atoms with Crippen molar-refractivity contribution < 1.29 is 4.92 Å². The van der Waals surface area contributed by atoms with Gasteiger partial charge in [-0.2, -0.15) is 0 Å². The van der Waals surface area contributed by atoms with Gasteiger partial charge in [-0.15, -0.1) is 0 Å². The zero-order chi connectivity index (χ0) is 5.98. The minimum absolute atomic E-state index is 0.204. The molecule has 0 saturated heterocycles. The molecule has 1 N–H and O–H groups in total. The predicted molar refractivity (Wildman–Crippen MR) is 25.4 cm³/mol. The number of hydrogen-bond donors (Lipinski definition) is 1. The topological polar surface area (TPSA) is 67.5 Å². The van der Waals surface area contributed by atoms with Crippen LogP contribution in [-0.2, 0) is 0 Å². The summed E-state index contributed by atoms with van der Waals surface area (Å²) in [6, 6.07) is 0. The summed E-state index contributed by atoms with van der Waals surface area (Å²) in [5, 5.41) is 13.0. The third-order valence-corrected chi connectivity index (χ3v) is 0.623. The minimum Gasteiger partial charge on any atom is -0.339 e. The van der Waals surface area contributed by atoms with Crippen molar-refractivity contribution >= 4 is 5.84 Å². The monoisotopic (exact) mass is 112 g/mol. The van der Waals surface area contributed by atoms with Gasteiger partial charge >= 0.3 is 5.84 Å². The van der Waals surface area contributed by atoms with Crippen LogP contribution in [0.3, 0.4) is 0 Å². The van der Waals surface area contributed by atoms with Crippen LogP contribution in [-0.4, -0.2) is 10.8 Å². The molecule has 5 nitrogen and oxygen atoms in total. The molecule has 0 aromatic heterocycles. The largest absolute Gasteiger partial charge is 0.534 e. The Kier molecular flexibility index (Phi) is 0.908. The van der Waals surface area contributed by atoms with E-state index < -0.39 is 4.92 Å². The molecule has 0 aromatic carbocycles. The molecular formula is C3H2N3O2+. The highest BCUT2D eigenvalue weighted by Crippen LogP contribution is 1.85. The van der Waals surface area contributed by atoms with E-state index in [1.165, 1.54) is 6.08 Å². The third-order valence-electron chi connectivity index (χ3n) is 0.623. The molecule has 0 saturated carbocycles. The first-order valence-corrected chi connectivity index (χ1v) is 1.86. The van der Waals surface area contributed by atoms with Gasteiger partial charge in [0.25, 0.3) is 6.08 Å². The highest BCUT2D eigenvalue weighted by molar-refractivity contribution is 5.86. The van der Waals surface area contributed by atoms with Gasteiger partial charge in [0.05, 0.1) is 4.92 Å². The van der Waals surface area contributed by atoms with Crippen molar-refractivity contribution in [3.05, 3.63) is 22.4 Å². The molecule has 0 radical (unpaired) electrons. The highest BCUT2D eigenvalue weighted by Gasteiger charge is 2.25. The van der Waals surface area contributed by atoms with Crippen molar-refractivity contribution in [1.29, 1.82) is 0 Å². The van der Waals surface area contributed by atoms with Gasteiger partial charge < -0.3 is 10.1 Å². The Bertz CT molecular complexity index is 171. The lowest BCUT2D eigenvalue weighted by Gasteiger charge is -1.73. The molecule has 0 unspecified atom stereocenters. The van der Waals surface area contributed by atoms with Gasteiger partial charge in [0.1, 0.15) is 0 Å². The maximum atomic E-state index is 9.77. The minimum atomic E-state index is -0.590. The fourth-order valence-electron chi connectivity index (χ4n) is 0.312. The standard InChI is InChI=1S/C3H2N3O2/c7-6(8)3-1-2-4-5-3/h1H,(H,4,5)/q+1. The molecular weight excluding hydrogens is 110 g/mol. The Morgan fingerprint density at radius 3 is 3.00 bits per heavy atom. The van der Waals surface area contributed by atoms with Crippen LogP contribution in [0.1, 0.15) is 0 Å². The van der Waals surface area contributed by atoms with Crippen LogP contribution in [0, 0.1) is 16.3 Å². The van der Waals surface area contributed by atoms with Gasteiger partial charge in [0, 0.05) is 0 Å². The molecule has 1 aliphatic rings. The number of nitro groups is 1. The Balaban J connectivity index is 2.72. The van der Waals surface area contributed by atoms with Crippen molar-refractivity contribution in [1.82, 2.24) is 5.43 Å². The second-order valence-electron chi connectivity index (χ2n) is 1.13. The fraction of sp³-hybridized carbons (Fsp3) is 0. The number of amidine groups is 1. The number of nitrogens with zero attached hydrogens (tertiary/aromatic N) is 2. The molecule has 40 valence electrons. The van der Waals surface area contributed by atoms with Crippen LogP contribution in [0.2, 0.25) is 0 Å². The van der Waals surface area contributed by atoms with Gasteiger partial charge in [-0.05, 0) is 5.43 Å². The van der Waals surface area contributed by atoms with Gasteiger partial charge in [0.15, 0.2) is 5.10 Å². The summed E-state index contributed by atoms with van der Waals surface area (Å²) in [5.74, 6) is -0.204. The van der Waals surface area contributed by atoms with Crippen molar-refractivity contribution in [2.24, 2.45) is 5.10 Å². The molecule has 5 heteroatoms. The predicted octanol–water partition coefficient (Wildman–Crippen LogP) is -0.503. The normalized spacial score (nSPS) is 14.2. The summed E-state index contributed by atoms with van der Waals surface area (Å²) in [5.41, 5.74) is 2.19. The SMILES string of the molecule is O=[N+]([O-])C1=NN[C+]=C1. The van der Waals surface area contributed by atoms with Crippen LogP contribution in [0.4, 0.5) is 0 Å². The van der Waals surface area contributed by atoms with Gasteiger partial charge in [-0.25, -0.2) is 0 Å². The first kappa shape index (κ1) is 4.67. The van der Waals surface area contributed by atoms with E-state index in [9.17, 15) is 10.1 Å². The van der Waals surface area contributed by atoms with E-state index >= 15 is 0 Å². The number of nitrogens with one attached hydrogen (secondary N) is 1. The number of hydrazone groups is 1. The molecule has 0 amide bonds. The lowest BCUT2D eigenvalue weighted by atomic mass is 10.6. The Morgan fingerprint density at radius 1 is 2.00 bits per heavy atom. The first-order chi connectivity index (χ1) is 3.80.